The van der Waals surface area contributed by atoms with E-state index in [1.165, 1.54) is 19.3 Å². The predicted molar refractivity (Wildman–Crippen MR) is 99.3 cm³/mol. The van der Waals surface area contributed by atoms with Crippen LogP contribution >= 0.6 is 0 Å². The molecule has 0 bridgehead atoms. The van der Waals surface area contributed by atoms with Gasteiger partial charge in [-0.05, 0) is 70.3 Å². The summed E-state index contributed by atoms with van der Waals surface area (Å²) in [5.41, 5.74) is 1.50. The number of carbonyl (C=O) groups excluding carboxylic acids is 1. The number of nitrogens with one attached hydrogen (secondary N) is 2. The lowest BCUT2D eigenvalue weighted by molar-refractivity contribution is -0.156. The van der Waals surface area contributed by atoms with Gasteiger partial charge in [0.1, 0.15) is 17.3 Å². The first kappa shape index (κ1) is 18.1. The lowest BCUT2D eigenvalue weighted by Crippen LogP contribution is -2.35. The summed E-state index contributed by atoms with van der Waals surface area (Å²) in [6, 6.07) is 6.52. The summed E-state index contributed by atoms with van der Waals surface area (Å²) in [6.07, 6.45) is 4.84. The van der Waals surface area contributed by atoms with Gasteiger partial charge in [-0.1, -0.05) is 6.42 Å². The smallest absolute Gasteiger partial charge is 0.315 e. The Morgan fingerprint density at radius 1 is 1.28 bits per heavy atom. The zero-order valence-corrected chi connectivity index (χ0v) is 15.6. The van der Waals surface area contributed by atoms with Crippen molar-refractivity contribution in [3.63, 3.8) is 0 Å². The van der Waals surface area contributed by atoms with Crippen LogP contribution in [0.15, 0.2) is 18.2 Å². The Hall–Kier alpha value is -1.75. The van der Waals surface area contributed by atoms with Gasteiger partial charge in [0, 0.05) is 18.3 Å². The third-order valence-corrected chi connectivity index (χ3v) is 4.73. The Morgan fingerprint density at radius 3 is 2.84 bits per heavy atom. The summed E-state index contributed by atoms with van der Waals surface area (Å²) in [5.74, 6) is 0.381. The van der Waals surface area contributed by atoms with Gasteiger partial charge in [0.05, 0.1) is 6.61 Å². The van der Waals surface area contributed by atoms with Crippen molar-refractivity contribution in [2.75, 3.05) is 25.0 Å². The van der Waals surface area contributed by atoms with E-state index < -0.39 is 5.60 Å². The minimum atomic E-state index is -0.471. The van der Waals surface area contributed by atoms with Gasteiger partial charge in [-0.3, -0.25) is 4.79 Å². The number of carbonyl (C=O) groups is 1. The molecule has 0 amide bonds. The zero-order valence-electron chi connectivity index (χ0n) is 15.6. The molecule has 2 heterocycles. The van der Waals surface area contributed by atoms with Crippen LogP contribution in [0.4, 0.5) is 5.69 Å². The van der Waals surface area contributed by atoms with Crippen LogP contribution in [-0.2, 0) is 9.53 Å². The molecule has 0 radical (unpaired) electrons. The Kier molecular flexibility index (Phi) is 5.52. The molecule has 2 aliphatic heterocycles. The molecule has 2 unspecified atom stereocenters. The summed E-state index contributed by atoms with van der Waals surface area (Å²) in [6.45, 7) is 8.08. The highest BCUT2D eigenvalue weighted by Gasteiger charge is 2.32. The molecule has 2 N–H and O–H groups in total. The first-order chi connectivity index (χ1) is 11.9. The number of fused-ring (bicyclic) bond motifs is 1. The molecule has 0 aromatic heterocycles. The van der Waals surface area contributed by atoms with Crippen LogP contribution in [0.1, 0.15) is 57.9 Å². The SMILES string of the molecule is CC(C)(C)OC(=O)C1CNc2ccc(OCCC3CCCCN3)cc21. The van der Waals surface area contributed by atoms with Crippen molar-refractivity contribution in [3.05, 3.63) is 23.8 Å². The second-order valence-electron chi connectivity index (χ2n) is 8.00. The normalized spacial score (nSPS) is 22.8. The van der Waals surface area contributed by atoms with Crippen molar-refractivity contribution in [1.82, 2.24) is 5.32 Å². The van der Waals surface area contributed by atoms with Crippen molar-refractivity contribution in [2.45, 2.75) is 64.0 Å². The first-order valence-corrected chi connectivity index (χ1v) is 9.39. The molecule has 1 saturated heterocycles. The lowest BCUT2D eigenvalue weighted by Gasteiger charge is -2.23. The molecule has 0 aliphatic carbocycles. The number of ether oxygens (including phenoxy) is 2. The molecule has 5 nitrogen and oxygen atoms in total. The molecular formula is C20H30N2O3. The number of esters is 1. The van der Waals surface area contributed by atoms with E-state index in [0.29, 0.717) is 19.2 Å². The van der Waals surface area contributed by atoms with Crippen LogP contribution in [0.25, 0.3) is 0 Å². The van der Waals surface area contributed by atoms with Crippen molar-refractivity contribution in [3.8, 4) is 5.75 Å². The van der Waals surface area contributed by atoms with Crippen molar-refractivity contribution >= 4 is 11.7 Å². The van der Waals surface area contributed by atoms with Gasteiger partial charge < -0.3 is 20.1 Å². The maximum absolute atomic E-state index is 12.4. The molecule has 1 aromatic rings. The number of rotatable bonds is 5. The Morgan fingerprint density at radius 2 is 2.12 bits per heavy atom. The fourth-order valence-electron chi connectivity index (χ4n) is 3.47. The lowest BCUT2D eigenvalue weighted by atomic mass is 10.0. The van der Waals surface area contributed by atoms with Crippen LogP contribution in [0.2, 0.25) is 0 Å². The number of anilines is 1. The van der Waals surface area contributed by atoms with Gasteiger partial charge in [-0.2, -0.15) is 0 Å². The van der Waals surface area contributed by atoms with Crippen LogP contribution in [0.3, 0.4) is 0 Å². The molecule has 2 aliphatic rings. The standard InChI is InChI=1S/C20H30N2O3/c1-20(2,3)25-19(23)17-13-22-18-8-7-15(12-16(17)18)24-11-9-14-6-4-5-10-21-14/h7-8,12,14,17,21-22H,4-6,9-11,13H2,1-3H3. The third-order valence-electron chi connectivity index (χ3n) is 4.73. The third kappa shape index (κ3) is 4.88. The average molecular weight is 346 g/mol. The van der Waals surface area contributed by atoms with E-state index >= 15 is 0 Å². The van der Waals surface area contributed by atoms with Gasteiger partial charge in [0.2, 0.25) is 0 Å². The highest BCUT2D eigenvalue weighted by Crippen LogP contribution is 2.35. The van der Waals surface area contributed by atoms with E-state index in [1.807, 2.05) is 39.0 Å². The number of benzene rings is 1. The minimum Gasteiger partial charge on any atom is -0.494 e. The van der Waals surface area contributed by atoms with Crippen molar-refractivity contribution in [1.29, 1.82) is 0 Å². The van der Waals surface area contributed by atoms with Crippen LogP contribution < -0.4 is 15.4 Å². The molecule has 1 fully saturated rings. The topological polar surface area (TPSA) is 59.6 Å². The van der Waals surface area contributed by atoms with Gasteiger partial charge >= 0.3 is 5.97 Å². The fraction of sp³-hybridized carbons (Fsp3) is 0.650. The van der Waals surface area contributed by atoms with Gasteiger partial charge in [-0.15, -0.1) is 0 Å². The Balaban J connectivity index is 1.58. The van der Waals surface area contributed by atoms with Crippen molar-refractivity contribution in [2.24, 2.45) is 0 Å². The average Bonchev–Trinajstić information content (AvgIpc) is 2.97. The second kappa shape index (κ2) is 7.65. The Bertz CT molecular complexity index is 603. The van der Waals surface area contributed by atoms with Gasteiger partial charge in [0.25, 0.3) is 0 Å². The van der Waals surface area contributed by atoms with Crippen LogP contribution in [-0.4, -0.2) is 37.3 Å². The van der Waals surface area contributed by atoms with E-state index in [-0.39, 0.29) is 11.9 Å². The number of hydrogen-bond donors (Lipinski definition) is 2. The summed E-state index contributed by atoms with van der Waals surface area (Å²) in [5, 5.41) is 6.83. The highest BCUT2D eigenvalue weighted by molar-refractivity contribution is 5.84. The molecule has 2 atom stereocenters. The molecule has 138 valence electrons. The largest absolute Gasteiger partial charge is 0.494 e. The molecule has 0 spiro atoms. The van der Waals surface area contributed by atoms with E-state index in [0.717, 1.165) is 30.0 Å². The fourth-order valence-corrected chi connectivity index (χ4v) is 3.47. The van der Waals surface area contributed by atoms with E-state index in [9.17, 15) is 4.79 Å². The maximum Gasteiger partial charge on any atom is 0.315 e. The molecule has 5 heteroatoms. The molecular weight excluding hydrogens is 316 g/mol. The van der Waals surface area contributed by atoms with Crippen LogP contribution in [0.5, 0.6) is 5.75 Å². The minimum absolute atomic E-state index is 0.178. The van der Waals surface area contributed by atoms with Crippen LogP contribution in [0, 0.1) is 0 Å². The van der Waals surface area contributed by atoms with E-state index in [4.69, 9.17) is 9.47 Å². The summed E-state index contributed by atoms with van der Waals surface area (Å²) >= 11 is 0. The quantitative estimate of drug-likeness (QED) is 0.800. The molecule has 1 aromatic carbocycles. The summed E-state index contributed by atoms with van der Waals surface area (Å²) < 4.78 is 11.5. The first-order valence-electron chi connectivity index (χ1n) is 9.39. The van der Waals surface area contributed by atoms with Gasteiger partial charge in [0.15, 0.2) is 0 Å². The second-order valence-corrected chi connectivity index (χ2v) is 8.00. The molecule has 25 heavy (non-hydrogen) atoms. The van der Waals surface area contributed by atoms with E-state index in [2.05, 4.69) is 10.6 Å². The zero-order chi connectivity index (χ0) is 17.9. The van der Waals surface area contributed by atoms with Crippen molar-refractivity contribution < 1.29 is 14.3 Å². The van der Waals surface area contributed by atoms with Gasteiger partial charge in [-0.25, -0.2) is 0 Å². The summed E-state index contributed by atoms with van der Waals surface area (Å²) in [4.78, 5) is 12.4. The highest BCUT2D eigenvalue weighted by atomic mass is 16.6. The van der Waals surface area contributed by atoms with E-state index in [1.54, 1.807) is 0 Å². The summed E-state index contributed by atoms with van der Waals surface area (Å²) in [7, 11) is 0. The maximum atomic E-state index is 12.4. The molecule has 0 saturated carbocycles. The number of piperidine rings is 1. The monoisotopic (exact) mass is 346 g/mol. The Labute approximate surface area is 150 Å². The number of hydrogen-bond acceptors (Lipinski definition) is 5. The molecule has 3 rings (SSSR count). The predicted octanol–water partition coefficient (Wildman–Crippen LogP) is 3.45.